The van der Waals surface area contributed by atoms with Crippen LogP contribution in [0.5, 0.6) is 0 Å². The summed E-state index contributed by atoms with van der Waals surface area (Å²) in [5.74, 6) is 0. The van der Waals surface area contributed by atoms with Gasteiger partial charge in [-0.25, -0.2) is 0 Å². The zero-order chi connectivity index (χ0) is 5.70. The first-order chi connectivity index (χ1) is 3.27. The molecule has 2 heteroatoms. The zero-order valence-corrected chi connectivity index (χ0v) is 6.76. The minimum absolute atomic E-state index is 0.425. The van der Waals surface area contributed by atoms with E-state index in [0.717, 1.165) is 0 Å². The van der Waals surface area contributed by atoms with Crippen molar-refractivity contribution in [3.05, 3.63) is 0 Å². The van der Waals surface area contributed by atoms with Crippen LogP contribution in [0.25, 0.3) is 0 Å². The van der Waals surface area contributed by atoms with Crippen molar-refractivity contribution in [2.24, 2.45) is 0 Å². The molecule has 1 radical (unpaired) electrons. The summed E-state index contributed by atoms with van der Waals surface area (Å²) in [6.07, 6.45) is 2.60. The van der Waals surface area contributed by atoms with Crippen LogP contribution >= 0.6 is 11.1 Å². The standard InChI is InChI=1S/C5H12ClSi/c1-3-4-5-7(2)6/h3-5H2,1-2H3. The molecule has 0 N–H and O–H groups in total. The maximum absolute atomic E-state index is 5.76. The van der Waals surface area contributed by atoms with E-state index in [1.54, 1.807) is 0 Å². The molecule has 43 valence electrons. The molecule has 0 aromatic carbocycles. The van der Waals surface area contributed by atoms with Gasteiger partial charge in [-0.2, -0.15) is 11.1 Å². The van der Waals surface area contributed by atoms with E-state index in [4.69, 9.17) is 11.1 Å². The van der Waals surface area contributed by atoms with Gasteiger partial charge in [-0.15, -0.1) is 0 Å². The first-order valence-electron chi connectivity index (χ1n) is 2.75. The molecule has 0 rings (SSSR count). The van der Waals surface area contributed by atoms with Crippen LogP contribution in [0.1, 0.15) is 19.8 Å². The molecule has 0 aliphatic carbocycles. The fourth-order valence-electron chi connectivity index (χ4n) is 0.420. The molecule has 0 nitrogen and oxygen atoms in total. The van der Waals surface area contributed by atoms with Gasteiger partial charge in [0.05, 0.1) is 0 Å². The van der Waals surface area contributed by atoms with E-state index in [1.165, 1.54) is 18.9 Å². The topological polar surface area (TPSA) is 0 Å². The van der Waals surface area contributed by atoms with Crippen molar-refractivity contribution in [2.45, 2.75) is 32.4 Å². The van der Waals surface area contributed by atoms with Gasteiger partial charge in [0.2, 0.25) is 0 Å². The fourth-order valence-corrected chi connectivity index (χ4v) is 1.66. The number of rotatable bonds is 3. The lowest BCUT2D eigenvalue weighted by Crippen LogP contribution is -1.92. The van der Waals surface area contributed by atoms with Gasteiger partial charge in [0.1, 0.15) is 0 Å². The smallest absolute Gasteiger partial charge is 0.162 e. The highest BCUT2D eigenvalue weighted by Gasteiger charge is 1.95. The average Bonchev–Trinajstić information content (AvgIpc) is 1.61. The molecule has 0 saturated carbocycles. The molecule has 7 heavy (non-hydrogen) atoms. The lowest BCUT2D eigenvalue weighted by atomic mass is 10.4. The third-order valence-corrected chi connectivity index (χ3v) is 2.48. The number of hydrogen-bond acceptors (Lipinski definition) is 0. The number of unbranched alkanes of at least 4 members (excludes halogenated alkanes) is 1. The van der Waals surface area contributed by atoms with Crippen LogP contribution in [0.2, 0.25) is 12.6 Å². The number of halogens is 1. The van der Waals surface area contributed by atoms with Crippen molar-refractivity contribution in [1.82, 2.24) is 0 Å². The van der Waals surface area contributed by atoms with Crippen molar-refractivity contribution in [1.29, 1.82) is 0 Å². The van der Waals surface area contributed by atoms with Crippen LogP contribution in [0.15, 0.2) is 0 Å². The summed E-state index contributed by atoms with van der Waals surface area (Å²) in [5, 5.41) is 0. The van der Waals surface area contributed by atoms with Crippen molar-refractivity contribution < 1.29 is 0 Å². The summed E-state index contributed by atoms with van der Waals surface area (Å²) in [6, 6.07) is 1.27. The largest absolute Gasteiger partial charge is 0.169 e. The summed E-state index contributed by atoms with van der Waals surface area (Å²) >= 11 is 5.76. The van der Waals surface area contributed by atoms with E-state index in [2.05, 4.69) is 13.5 Å². The van der Waals surface area contributed by atoms with Crippen LogP contribution in [-0.4, -0.2) is 8.11 Å². The molecule has 0 aliphatic heterocycles. The normalized spacial score (nSPS) is 10.3. The zero-order valence-electron chi connectivity index (χ0n) is 5.00. The Kier molecular flexibility index (Phi) is 5.00. The first kappa shape index (κ1) is 7.51. The third kappa shape index (κ3) is 6.51. The summed E-state index contributed by atoms with van der Waals surface area (Å²) < 4.78 is 0. The molecule has 0 aliphatic rings. The summed E-state index contributed by atoms with van der Waals surface area (Å²) in [5.41, 5.74) is 0. The second-order valence-electron chi connectivity index (χ2n) is 1.78. The van der Waals surface area contributed by atoms with Crippen molar-refractivity contribution >= 4 is 19.2 Å². The van der Waals surface area contributed by atoms with Gasteiger partial charge in [0, 0.05) is 0 Å². The predicted molar refractivity (Wildman–Crippen MR) is 37.2 cm³/mol. The molecule has 0 fully saturated rings. The van der Waals surface area contributed by atoms with E-state index in [-0.39, 0.29) is 0 Å². The van der Waals surface area contributed by atoms with E-state index < -0.39 is 8.11 Å². The summed E-state index contributed by atoms with van der Waals surface area (Å²) in [6.45, 7) is 4.34. The Morgan fingerprint density at radius 3 is 2.29 bits per heavy atom. The molecule has 0 aromatic heterocycles. The third-order valence-electron chi connectivity index (χ3n) is 0.875. The van der Waals surface area contributed by atoms with Gasteiger partial charge in [-0.1, -0.05) is 26.3 Å². The van der Waals surface area contributed by atoms with Gasteiger partial charge in [0.25, 0.3) is 0 Å². The van der Waals surface area contributed by atoms with Crippen LogP contribution in [0, 0.1) is 0 Å². The molecular formula is C5H12ClSi. The average molecular weight is 136 g/mol. The molecule has 0 aromatic rings. The van der Waals surface area contributed by atoms with E-state index in [0.29, 0.717) is 0 Å². The Hall–Kier alpha value is 0.507. The Morgan fingerprint density at radius 2 is 2.14 bits per heavy atom. The monoisotopic (exact) mass is 135 g/mol. The maximum Gasteiger partial charge on any atom is 0.162 e. The van der Waals surface area contributed by atoms with Crippen LogP contribution in [0.3, 0.4) is 0 Å². The second kappa shape index (κ2) is 4.66. The maximum atomic E-state index is 5.76. The SMILES string of the molecule is CCCC[Si](C)Cl. The van der Waals surface area contributed by atoms with Gasteiger partial charge < -0.3 is 0 Å². The molecule has 0 spiro atoms. The Morgan fingerprint density at radius 1 is 1.57 bits per heavy atom. The van der Waals surface area contributed by atoms with Gasteiger partial charge >= 0.3 is 0 Å². The van der Waals surface area contributed by atoms with Crippen LogP contribution in [0.4, 0.5) is 0 Å². The molecule has 0 heterocycles. The van der Waals surface area contributed by atoms with Crippen LogP contribution in [-0.2, 0) is 0 Å². The molecule has 0 saturated heterocycles. The highest BCUT2D eigenvalue weighted by Crippen LogP contribution is 2.02. The molecule has 0 atom stereocenters. The Labute approximate surface area is 52.2 Å². The lowest BCUT2D eigenvalue weighted by Gasteiger charge is -1.93. The number of hydrogen-bond donors (Lipinski definition) is 0. The Balaban J connectivity index is 2.68. The van der Waals surface area contributed by atoms with Crippen molar-refractivity contribution in [3.63, 3.8) is 0 Å². The van der Waals surface area contributed by atoms with Gasteiger partial charge in [-0.05, 0) is 6.04 Å². The van der Waals surface area contributed by atoms with E-state index >= 15 is 0 Å². The molecule has 0 unspecified atom stereocenters. The molecule has 0 bridgehead atoms. The van der Waals surface area contributed by atoms with Crippen LogP contribution < -0.4 is 0 Å². The van der Waals surface area contributed by atoms with E-state index in [9.17, 15) is 0 Å². The minimum atomic E-state index is -0.425. The summed E-state index contributed by atoms with van der Waals surface area (Å²) in [4.78, 5) is 0. The van der Waals surface area contributed by atoms with Crippen molar-refractivity contribution in [3.8, 4) is 0 Å². The first-order valence-corrected chi connectivity index (χ1v) is 5.97. The molecular weight excluding hydrogens is 124 g/mol. The lowest BCUT2D eigenvalue weighted by molar-refractivity contribution is 0.878. The van der Waals surface area contributed by atoms with E-state index in [1.807, 2.05) is 0 Å². The second-order valence-corrected chi connectivity index (χ2v) is 5.57. The molecule has 0 amide bonds. The highest BCUT2D eigenvalue weighted by molar-refractivity contribution is 7.06. The highest BCUT2D eigenvalue weighted by atomic mass is 35.6. The summed E-state index contributed by atoms with van der Waals surface area (Å²) in [7, 11) is -0.425. The fraction of sp³-hybridized carbons (Fsp3) is 1.00. The predicted octanol–water partition coefficient (Wildman–Crippen LogP) is 2.65. The Bertz CT molecular complexity index is 37.1. The quantitative estimate of drug-likeness (QED) is 0.413. The minimum Gasteiger partial charge on any atom is -0.169 e. The van der Waals surface area contributed by atoms with Gasteiger partial charge in [0.15, 0.2) is 8.11 Å². The van der Waals surface area contributed by atoms with Crippen molar-refractivity contribution in [2.75, 3.05) is 0 Å². The van der Waals surface area contributed by atoms with Gasteiger partial charge in [-0.3, -0.25) is 0 Å².